The molecule has 0 aliphatic carbocycles. The average Bonchev–Trinajstić information content (AvgIpc) is 2.67. The Hall–Kier alpha value is -3.35. The summed E-state index contributed by atoms with van der Waals surface area (Å²) in [5, 5.41) is 5.68. The van der Waals surface area contributed by atoms with Gasteiger partial charge in [-0.2, -0.15) is 0 Å². The lowest BCUT2D eigenvalue weighted by Crippen LogP contribution is -2.27. The molecule has 0 aromatic heterocycles. The van der Waals surface area contributed by atoms with Crippen molar-refractivity contribution in [1.29, 1.82) is 0 Å². The van der Waals surface area contributed by atoms with Crippen molar-refractivity contribution >= 4 is 23.7 Å². The predicted molar refractivity (Wildman–Crippen MR) is 110 cm³/mol. The summed E-state index contributed by atoms with van der Waals surface area (Å²) in [7, 11) is 0. The third-order valence-electron chi connectivity index (χ3n) is 3.93. The van der Waals surface area contributed by atoms with Gasteiger partial charge in [-0.15, -0.1) is 0 Å². The van der Waals surface area contributed by atoms with E-state index in [0.29, 0.717) is 23.5 Å². The molecule has 7 nitrogen and oxygen atoms in total. The number of carbonyl (C=O) groups is 3. The van der Waals surface area contributed by atoms with Gasteiger partial charge in [-0.3, -0.25) is 9.59 Å². The number of ether oxygens (including phenoxy) is 2. The summed E-state index contributed by atoms with van der Waals surface area (Å²) in [6, 6.07) is 13.5. The molecular weight excluding hydrogens is 372 g/mol. The van der Waals surface area contributed by atoms with E-state index in [1.54, 1.807) is 31.2 Å². The fraction of sp³-hybridized carbons (Fsp3) is 0.318. The number of rotatable bonds is 6. The van der Waals surface area contributed by atoms with Crippen LogP contribution in [0, 0.1) is 5.41 Å². The fourth-order valence-electron chi connectivity index (χ4n) is 2.23. The first-order valence-electron chi connectivity index (χ1n) is 9.32. The van der Waals surface area contributed by atoms with Crippen LogP contribution in [0.15, 0.2) is 48.5 Å². The van der Waals surface area contributed by atoms with E-state index in [2.05, 4.69) is 10.6 Å². The number of carbonyl (C=O) groups excluding carboxylic acids is 3. The van der Waals surface area contributed by atoms with Crippen LogP contribution in [0.2, 0.25) is 0 Å². The zero-order valence-corrected chi connectivity index (χ0v) is 17.1. The Morgan fingerprint density at radius 1 is 0.931 bits per heavy atom. The predicted octanol–water partition coefficient (Wildman–Crippen LogP) is 4.14. The zero-order valence-electron chi connectivity index (χ0n) is 17.1. The van der Waals surface area contributed by atoms with Crippen LogP contribution in [0.4, 0.5) is 10.5 Å². The van der Waals surface area contributed by atoms with Gasteiger partial charge >= 0.3 is 6.16 Å². The van der Waals surface area contributed by atoms with E-state index in [1.165, 1.54) is 12.1 Å². The molecular formula is C22H26N2O5. The van der Waals surface area contributed by atoms with E-state index >= 15 is 0 Å². The van der Waals surface area contributed by atoms with E-state index < -0.39 is 11.6 Å². The standard InChI is InChI=1S/C22H26N2O5/c1-5-28-21(27)29-18-12-8-16(9-13-18)19(25)23-14-15-6-10-17(11-7-15)24-20(26)22(2,3)4/h6-13H,5,14H2,1-4H3,(H,23,25)(H,24,26). The van der Waals surface area contributed by atoms with Crippen molar-refractivity contribution in [2.75, 3.05) is 11.9 Å². The molecule has 0 bridgehead atoms. The third-order valence-corrected chi connectivity index (χ3v) is 3.93. The van der Waals surface area contributed by atoms with Crippen molar-refractivity contribution < 1.29 is 23.9 Å². The van der Waals surface area contributed by atoms with Crippen molar-refractivity contribution in [3.63, 3.8) is 0 Å². The van der Waals surface area contributed by atoms with Gasteiger partial charge in [-0.25, -0.2) is 4.79 Å². The summed E-state index contributed by atoms with van der Waals surface area (Å²) >= 11 is 0. The summed E-state index contributed by atoms with van der Waals surface area (Å²) in [5.74, 6) is -0.0142. The van der Waals surface area contributed by atoms with E-state index in [0.717, 1.165) is 5.56 Å². The highest BCUT2D eigenvalue weighted by molar-refractivity contribution is 5.95. The summed E-state index contributed by atoms with van der Waals surface area (Å²) < 4.78 is 9.65. The first-order chi connectivity index (χ1) is 13.7. The van der Waals surface area contributed by atoms with Gasteiger partial charge < -0.3 is 20.1 Å². The Bertz CT molecular complexity index is 852. The Balaban J connectivity index is 1.87. The van der Waals surface area contributed by atoms with Crippen molar-refractivity contribution in [2.45, 2.75) is 34.2 Å². The number of nitrogens with one attached hydrogen (secondary N) is 2. The molecule has 29 heavy (non-hydrogen) atoms. The van der Waals surface area contributed by atoms with Gasteiger partial charge in [0, 0.05) is 23.2 Å². The van der Waals surface area contributed by atoms with Gasteiger partial charge in [0.2, 0.25) is 5.91 Å². The van der Waals surface area contributed by atoms with Crippen molar-refractivity contribution in [3.05, 3.63) is 59.7 Å². The minimum Gasteiger partial charge on any atom is -0.434 e. The molecule has 2 amide bonds. The van der Waals surface area contributed by atoms with Crippen LogP contribution < -0.4 is 15.4 Å². The minimum absolute atomic E-state index is 0.0612. The minimum atomic E-state index is -0.785. The molecule has 2 aromatic carbocycles. The van der Waals surface area contributed by atoms with E-state index in [9.17, 15) is 14.4 Å². The van der Waals surface area contributed by atoms with Gasteiger partial charge in [0.15, 0.2) is 0 Å². The molecule has 0 heterocycles. The largest absolute Gasteiger partial charge is 0.513 e. The summed E-state index contributed by atoms with van der Waals surface area (Å²) in [6.45, 7) is 7.80. The Morgan fingerprint density at radius 3 is 2.10 bits per heavy atom. The van der Waals surface area contributed by atoms with Gasteiger partial charge in [-0.1, -0.05) is 32.9 Å². The second kappa shape index (κ2) is 9.73. The van der Waals surface area contributed by atoms with Gasteiger partial charge in [0.05, 0.1) is 6.61 Å². The summed E-state index contributed by atoms with van der Waals surface area (Å²) in [4.78, 5) is 35.6. The average molecular weight is 398 g/mol. The molecule has 0 aliphatic rings. The van der Waals surface area contributed by atoms with Crippen LogP contribution in [0.3, 0.4) is 0 Å². The third kappa shape index (κ3) is 6.95. The molecule has 0 spiro atoms. The Labute approximate surface area is 170 Å². The van der Waals surface area contributed by atoms with Gasteiger partial charge in [-0.05, 0) is 48.9 Å². The van der Waals surface area contributed by atoms with Crippen molar-refractivity contribution in [2.24, 2.45) is 5.41 Å². The molecule has 0 saturated carbocycles. The molecule has 0 aliphatic heterocycles. The Kier molecular flexibility index (Phi) is 7.36. The van der Waals surface area contributed by atoms with Crippen LogP contribution in [-0.4, -0.2) is 24.6 Å². The van der Waals surface area contributed by atoms with Crippen LogP contribution in [0.25, 0.3) is 0 Å². The fourth-order valence-corrected chi connectivity index (χ4v) is 2.23. The normalized spacial score (nSPS) is 10.8. The van der Waals surface area contributed by atoms with Gasteiger partial charge in [0.1, 0.15) is 5.75 Å². The lowest BCUT2D eigenvalue weighted by Gasteiger charge is -2.17. The zero-order chi connectivity index (χ0) is 21.4. The highest BCUT2D eigenvalue weighted by atomic mass is 16.7. The number of benzene rings is 2. The lowest BCUT2D eigenvalue weighted by molar-refractivity contribution is -0.123. The number of amides is 2. The number of hydrogen-bond acceptors (Lipinski definition) is 5. The number of anilines is 1. The van der Waals surface area contributed by atoms with E-state index in [4.69, 9.17) is 9.47 Å². The van der Waals surface area contributed by atoms with Crippen molar-refractivity contribution in [1.82, 2.24) is 5.32 Å². The maximum atomic E-state index is 12.3. The SMILES string of the molecule is CCOC(=O)Oc1ccc(C(=O)NCc2ccc(NC(=O)C(C)(C)C)cc2)cc1. The maximum absolute atomic E-state index is 12.3. The Morgan fingerprint density at radius 2 is 1.55 bits per heavy atom. The molecule has 7 heteroatoms. The maximum Gasteiger partial charge on any atom is 0.513 e. The van der Waals surface area contributed by atoms with Crippen molar-refractivity contribution in [3.8, 4) is 5.75 Å². The summed E-state index contributed by atoms with van der Waals surface area (Å²) in [5.41, 5.74) is 1.57. The van der Waals surface area contributed by atoms with Crippen LogP contribution in [-0.2, 0) is 16.1 Å². The lowest BCUT2D eigenvalue weighted by atomic mass is 9.95. The van der Waals surface area contributed by atoms with Crippen LogP contribution >= 0.6 is 0 Å². The molecule has 154 valence electrons. The molecule has 0 atom stereocenters. The molecule has 2 N–H and O–H groups in total. The van der Waals surface area contributed by atoms with E-state index in [-0.39, 0.29) is 18.4 Å². The first-order valence-corrected chi connectivity index (χ1v) is 9.32. The highest BCUT2D eigenvalue weighted by Gasteiger charge is 2.21. The second-order valence-electron chi connectivity index (χ2n) is 7.39. The quantitative estimate of drug-likeness (QED) is 0.563. The molecule has 0 saturated heterocycles. The molecule has 2 rings (SSSR count). The van der Waals surface area contributed by atoms with E-state index in [1.807, 2.05) is 32.9 Å². The molecule has 0 unspecified atom stereocenters. The molecule has 0 radical (unpaired) electrons. The summed E-state index contributed by atoms with van der Waals surface area (Å²) in [6.07, 6.45) is -0.785. The second-order valence-corrected chi connectivity index (χ2v) is 7.39. The van der Waals surface area contributed by atoms with Crippen LogP contribution in [0.1, 0.15) is 43.6 Å². The smallest absolute Gasteiger partial charge is 0.434 e. The number of hydrogen-bond donors (Lipinski definition) is 2. The topological polar surface area (TPSA) is 93.7 Å². The van der Waals surface area contributed by atoms with Gasteiger partial charge in [0.25, 0.3) is 5.91 Å². The first kappa shape index (κ1) is 21.9. The molecule has 2 aromatic rings. The highest BCUT2D eigenvalue weighted by Crippen LogP contribution is 2.18. The molecule has 0 fully saturated rings. The van der Waals surface area contributed by atoms with Crippen LogP contribution in [0.5, 0.6) is 5.75 Å². The monoisotopic (exact) mass is 398 g/mol.